The van der Waals surface area contributed by atoms with Crippen LogP contribution in [0.15, 0.2) is 72.8 Å². The third-order valence-electron chi connectivity index (χ3n) is 5.54. The van der Waals surface area contributed by atoms with Gasteiger partial charge in [0.2, 0.25) is 0 Å². The highest BCUT2D eigenvalue weighted by atomic mass is 19.2. The number of Topliss-reactive ketones (excluding diaryl/α,β-unsaturated/α-hetero) is 1. The number of rotatable bonds is 8. The summed E-state index contributed by atoms with van der Waals surface area (Å²) in [5, 5.41) is 0.512. The van der Waals surface area contributed by atoms with Gasteiger partial charge in [-0.05, 0) is 54.8 Å². The van der Waals surface area contributed by atoms with Crippen LogP contribution in [0.2, 0.25) is 0 Å². The molecule has 35 heavy (non-hydrogen) atoms. The molecule has 0 aliphatic carbocycles. The first-order chi connectivity index (χ1) is 16.9. The van der Waals surface area contributed by atoms with Gasteiger partial charge in [0.15, 0.2) is 17.4 Å². The predicted molar refractivity (Wildman–Crippen MR) is 132 cm³/mol. The van der Waals surface area contributed by atoms with Crippen molar-refractivity contribution < 1.29 is 23.1 Å². The highest BCUT2D eigenvalue weighted by molar-refractivity contribution is 5.97. The number of pyridine rings is 1. The summed E-state index contributed by atoms with van der Waals surface area (Å²) in [6.07, 6.45) is 4.23. The van der Waals surface area contributed by atoms with E-state index in [0.717, 1.165) is 23.3 Å². The van der Waals surface area contributed by atoms with Gasteiger partial charge in [-0.1, -0.05) is 48.5 Å². The number of esters is 1. The summed E-state index contributed by atoms with van der Waals surface area (Å²) < 4.78 is 32.0. The van der Waals surface area contributed by atoms with Crippen molar-refractivity contribution in [2.24, 2.45) is 0 Å². The Labute approximate surface area is 201 Å². The van der Waals surface area contributed by atoms with E-state index in [0.29, 0.717) is 34.1 Å². The van der Waals surface area contributed by atoms with Gasteiger partial charge in [0.1, 0.15) is 0 Å². The summed E-state index contributed by atoms with van der Waals surface area (Å²) in [7, 11) is 0. The molecule has 3 aromatic carbocycles. The summed E-state index contributed by atoms with van der Waals surface area (Å²) in [6, 6.07) is 19.9. The molecule has 0 aliphatic heterocycles. The highest BCUT2D eigenvalue weighted by Crippen LogP contribution is 2.19. The summed E-state index contributed by atoms with van der Waals surface area (Å²) in [4.78, 5) is 29.4. The van der Waals surface area contributed by atoms with Crippen LogP contribution in [0.3, 0.4) is 0 Å². The van der Waals surface area contributed by atoms with Gasteiger partial charge < -0.3 is 4.74 Å². The molecule has 1 heterocycles. The van der Waals surface area contributed by atoms with E-state index in [1.165, 1.54) is 0 Å². The number of hydrogen-bond acceptors (Lipinski definition) is 4. The second-order valence-corrected chi connectivity index (χ2v) is 7.95. The molecule has 0 radical (unpaired) electrons. The van der Waals surface area contributed by atoms with Crippen molar-refractivity contribution >= 4 is 34.8 Å². The topological polar surface area (TPSA) is 56.3 Å². The van der Waals surface area contributed by atoms with Gasteiger partial charge in [0, 0.05) is 23.4 Å². The van der Waals surface area contributed by atoms with Crippen molar-refractivity contribution in [3.63, 3.8) is 0 Å². The quantitative estimate of drug-likeness (QED) is 0.213. The molecule has 6 heteroatoms. The van der Waals surface area contributed by atoms with E-state index in [1.54, 1.807) is 61.5 Å². The fourth-order valence-corrected chi connectivity index (χ4v) is 3.76. The molecule has 0 fully saturated rings. The van der Waals surface area contributed by atoms with E-state index in [1.807, 2.05) is 18.2 Å². The molecular weight excluding hydrogens is 448 g/mol. The maximum atomic E-state index is 13.5. The number of aromatic nitrogens is 1. The second kappa shape index (κ2) is 10.8. The molecule has 0 N–H and O–H groups in total. The summed E-state index contributed by atoms with van der Waals surface area (Å²) in [5.41, 5.74) is 3.55. The monoisotopic (exact) mass is 471 g/mol. The first-order valence-corrected chi connectivity index (χ1v) is 11.3. The molecule has 0 atom stereocenters. The molecule has 0 bridgehead atoms. The van der Waals surface area contributed by atoms with E-state index in [9.17, 15) is 18.4 Å². The summed E-state index contributed by atoms with van der Waals surface area (Å²) in [6.45, 7) is 2.04. The van der Waals surface area contributed by atoms with Crippen LogP contribution in [-0.2, 0) is 11.2 Å². The number of benzene rings is 3. The Balaban J connectivity index is 1.46. The van der Waals surface area contributed by atoms with Crippen LogP contribution in [0, 0.1) is 11.6 Å². The standard InChI is InChI=1S/C29H23F2NO3/c1-2-35-29(34)24-9-4-3-7-20(24)12-15-28(33)22-8-5-6-19(16-22)10-13-23-14-11-21-17-25(30)26(31)18-27(21)32-23/h3-11,13-14,16-18H,2,12,15H2,1H3. The molecular formula is C29H23F2NO3. The number of fused-ring (bicyclic) bond motifs is 1. The first-order valence-electron chi connectivity index (χ1n) is 11.3. The Kier molecular flexibility index (Phi) is 7.41. The number of aryl methyl sites for hydroxylation is 1. The number of carbonyl (C=O) groups is 2. The Morgan fingerprint density at radius 1 is 0.914 bits per heavy atom. The maximum absolute atomic E-state index is 13.5. The minimum Gasteiger partial charge on any atom is -0.462 e. The zero-order valence-corrected chi connectivity index (χ0v) is 19.1. The van der Waals surface area contributed by atoms with E-state index in [-0.39, 0.29) is 18.8 Å². The van der Waals surface area contributed by atoms with E-state index in [2.05, 4.69) is 4.98 Å². The van der Waals surface area contributed by atoms with Gasteiger partial charge in [-0.3, -0.25) is 4.79 Å². The largest absolute Gasteiger partial charge is 0.462 e. The summed E-state index contributed by atoms with van der Waals surface area (Å²) >= 11 is 0. The van der Waals surface area contributed by atoms with Gasteiger partial charge >= 0.3 is 5.97 Å². The Morgan fingerprint density at radius 3 is 2.54 bits per heavy atom. The minimum absolute atomic E-state index is 0.0414. The lowest BCUT2D eigenvalue weighted by Gasteiger charge is -2.08. The molecule has 4 aromatic rings. The Bertz CT molecular complexity index is 1430. The number of halogens is 2. The molecule has 4 rings (SSSR count). The number of hydrogen-bond donors (Lipinski definition) is 0. The lowest BCUT2D eigenvalue weighted by atomic mass is 9.98. The van der Waals surface area contributed by atoms with Gasteiger partial charge in [0.05, 0.1) is 23.4 Å². The zero-order chi connectivity index (χ0) is 24.8. The van der Waals surface area contributed by atoms with Gasteiger partial charge in [0.25, 0.3) is 0 Å². The van der Waals surface area contributed by atoms with Gasteiger partial charge in [-0.2, -0.15) is 0 Å². The fraction of sp³-hybridized carbons (Fsp3) is 0.138. The smallest absolute Gasteiger partial charge is 0.338 e. The molecule has 0 amide bonds. The van der Waals surface area contributed by atoms with Crippen LogP contribution >= 0.6 is 0 Å². The number of ether oxygens (including phenoxy) is 1. The maximum Gasteiger partial charge on any atom is 0.338 e. The average molecular weight is 472 g/mol. The van der Waals surface area contributed by atoms with Crippen LogP contribution in [0.25, 0.3) is 23.1 Å². The van der Waals surface area contributed by atoms with Crippen molar-refractivity contribution in [1.29, 1.82) is 0 Å². The number of ketones is 1. The average Bonchev–Trinajstić information content (AvgIpc) is 2.87. The third-order valence-corrected chi connectivity index (χ3v) is 5.54. The SMILES string of the molecule is CCOC(=O)c1ccccc1CCC(=O)c1cccc(C=Cc2ccc3cc(F)c(F)cc3n2)c1. The molecule has 176 valence electrons. The van der Waals surface area contributed by atoms with Crippen LogP contribution in [-0.4, -0.2) is 23.3 Å². The molecule has 0 unspecified atom stereocenters. The van der Waals surface area contributed by atoms with E-state index < -0.39 is 17.6 Å². The van der Waals surface area contributed by atoms with Crippen molar-refractivity contribution in [2.45, 2.75) is 19.8 Å². The molecule has 0 saturated carbocycles. The lowest BCUT2D eigenvalue weighted by Crippen LogP contribution is -2.09. The fourth-order valence-electron chi connectivity index (χ4n) is 3.76. The second-order valence-electron chi connectivity index (χ2n) is 7.95. The molecule has 1 aromatic heterocycles. The normalized spacial score (nSPS) is 11.2. The molecule has 0 spiro atoms. The van der Waals surface area contributed by atoms with Crippen LogP contribution in [0.4, 0.5) is 8.78 Å². The van der Waals surface area contributed by atoms with Crippen LogP contribution in [0.1, 0.15) is 50.9 Å². The number of nitrogens with zero attached hydrogens (tertiary/aromatic N) is 1. The summed E-state index contributed by atoms with van der Waals surface area (Å²) in [5.74, 6) is -2.28. The minimum atomic E-state index is -0.942. The predicted octanol–water partition coefficient (Wildman–Crippen LogP) is 6.68. The van der Waals surface area contributed by atoms with Crippen molar-refractivity contribution in [3.05, 3.63) is 112 Å². The highest BCUT2D eigenvalue weighted by Gasteiger charge is 2.14. The van der Waals surface area contributed by atoms with Gasteiger partial charge in [-0.25, -0.2) is 18.6 Å². The van der Waals surface area contributed by atoms with Crippen molar-refractivity contribution in [1.82, 2.24) is 4.98 Å². The first kappa shape index (κ1) is 24.0. The number of carbonyl (C=O) groups excluding carboxylic acids is 2. The van der Waals surface area contributed by atoms with Crippen molar-refractivity contribution in [2.75, 3.05) is 6.61 Å². The molecule has 4 nitrogen and oxygen atoms in total. The third kappa shape index (κ3) is 5.84. The van der Waals surface area contributed by atoms with Gasteiger partial charge in [-0.15, -0.1) is 0 Å². The van der Waals surface area contributed by atoms with Crippen LogP contribution in [0.5, 0.6) is 0 Å². The lowest BCUT2D eigenvalue weighted by molar-refractivity contribution is 0.0524. The Hall–Kier alpha value is -4.19. The van der Waals surface area contributed by atoms with Crippen molar-refractivity contribution in [3.8, 4) is 0 Å². The molecule has 0 aliphatic rings. The Morgan fingerprint density at radius 2 is 1.71 bits per heavy atom. The molecule has 0 saturated heterocycles. The van der Waals surface area contributed by atoms with E-state index >= 15 is 0 Å². The van der Waals surface area contributed by atoms with E-state index in [4.69, 9.17) is 4.74 Å². The van der Waals surface area contributed by atoms with Crippen LogP contribution < -0.4 is 0 Å². The zero-order valence-electron chi connectivity index (χ0n) is 19.1.